The molecule has 0 saturated carbocycles. The summed E-state index contributed by atoms with van der Waals surface area (Å²) in [4.78, 5) is 25.3. The lowest BCUT2D eigenvalue weighted by Crippen LogP contribution is -2.30. The summed E-state index contributed by atoms with van der Waals surface area (Å²) in [6.45, 7) is 8.74. The van der Waals surface area contributed by atoms with Crippen LogP contribution in [-0.4, -0.2) is 35.5 Å². The third-order valence-electron chi connectivity index (χ3n) is 3.74. The number of nitrogens with zero attached hydrogens (tertiary/aromatic N) is 1. The zero-order chi connectivity index (χ0) is 14.2. The van der Waals surface area contributed by atoms with Gasteiger partial charge in [0.2, 0.25) is 5.91 Å². The van der Waals surface area contributed by atoms with Crippen molar-refractivity contribution in [2.75, 3.05) is 13.1 Å². The van der Waals surface area contributed by atoms with Crippen molar-refractivity contribution in [1.29, 1.82) is 0 Å². The molecule has 19 heavy (non-hydrogen) atoms. The van der Waals surface area contributed by atoms with Crippen LogP contribution >= 0.6 is 0 Å². The number of ether oxygens (including phenoxy) is 1. The Balaban J connectivity index is 1.97. The Hall–Kier alpha value is -1.32. The molecule has 0 N–H and O–H groups in total. The molecule has 1 aliphatic heterocycles. The molecule has 0 aromatic heterocycles. The molecule has 1 unspecified atom stereocenters. The van der Waals surface area contributed by atoms with Gasteiger partial charge in [-0.05, 0) is 51.2 Å². The van der Waals surface area contributed by atoms with Crippen LogP contribution in [-0.2, 0) is 14.3 Å². The van der Waals surface area contributed by atoms with Gasteiger partial charge in [0.05, 0.1) is 5.92 Å². The second-order valence-corrected chi connectivity index (χ2v) is 6.56. The van der Waals surface area contributed by atoms with Crippen molar-refractivity contribution in [2.24, 2.45) is 5.92 Å². The molecule has 0 radical (unpaired) electrons. The molecular weight excluding hydrogens is 242 g/mol. The highest BCUT2D eigenvalue weighted by Gasteiger charge is 2.34. The Bertz CT molecular complexity index is 431. The molecule has 1 aliphatic carbocycles. The van der Waals surface area contributed by atoms with E-state index in [4.69, 9.17) is 4.74 Å². The van der Waals surface area contributed by atoms with Gasteiger partial charge in [-0.15, -0.1) is 0 Å². The summed E-state index contributed by atoms with van der Waals surface area (Å²) >= 11 is 0. The van der Waals surface area contributed by atoms with Crippen LogP contribution in [0.25, 0.3) is 0 Å². The fourth-order valence-electron chi connectivity index (χ4n) is 2.76. The maximum Gasteiger partial charge on any atom is 0.309 e. The largest absolute Gasteiger partial charge is 0.460 e. The zero-order valence-corrected chi connectivity index (χ0v) is 12.3. The highest BCUT2D eigenvalue weighted by Crippen LogP contribution is 2.35. The quantitative estimate of drug-likeness (QED) is 0.540. The van der Waals surface area contributed by atoms with Crippen LogP contribution in [0.3, 0.4) is 0 Å². The molecule has 1 amide bonds. The molecule has 1 atom stereocenters. The molecule has 2 rings (SSSR count). The SMILES string of the molecule is CC(=O)N1CC2=C(CC(C(=O)OC(C)(C)C)CC2)C1. The van der Waals surface area contributed by atoms with Gasteiger partial charge in [-0.3, -0.25) is 9.59 Å². The standard InChI is InChI=1S/C15H23NO3/c1-10(17)16-8-12-6-5-11(7-13(12)9-16)14(18)19-15(2,3)4/h11H,5-9H2,1-4H3. The lowest BCUT2D eigenvalue weighted by Gasteiger charge is -2.26. The van der Waals surface area contributed by atoms with E-state index < -0.39 is 5.60 Å². The molecule has 0 saturated heterocycles. The lowest BCUT2D eigenvalue weighted by atomic mass is 9.85. The maximum atomic E-state index is 12.1. The number of hydrogen-bond acceptors (Lipinski definition) is 3. The first-order valence-electron chi connectivity index (χ1n) is 6.94. The van der Waals surface area contributed by atoms with Crippen molar-refractivity contribution in [1.82, 2.24) is 4.90 Å². The summed E-state index contributed by atoms with van der Waals surface area (Å²) in [5.74, 6) is -0.0200. The zero-order valence-electron chi connectivity index (χ0n) is 12.3. The molecule has 0 spiro atoms. The van der Waals surface area contributed by atoms with Crippen LogP contribution in [0.15, 0.2) is 11.1 Å². The molecule has 0 fully saturated rings. The van der Waals surface area contributed by atoms with E-state index in [0.29, 0.717) is 6.54 Å². The van der Waals surface area contributed by atoms with E-state index in [2.05, 4.69) is 0 Å². The lowest BCUT2D eigenvalue weighted by molar-refractivity contribution is -0.160. The van der Waals surface area contributed by atoms with Crippen molar-refractivity contribution in [3.05, 3.63) is 11.1 Å². The first-order chi connectivity index (χ1) is 8.76. The van der Waals surface area contributed by atoms with E-state index >= 15 is 0 Å². The topological polar surface area (TPSA) is 46.6 Å². The fraction of sp³-hybridized carbons (Fsp3) is 0.733. The second kappa shape index (κ2) is 4.99. The van der Waals surface area contributed by atoms with Crippen LogP contribution < -0.4 is 0 Å². The summed E-state index contributed by atoms with van der Waals surface area (Å²) in [5, 5.41) is 0. The number of rotatable bonds is 1. The van der Waals surface area contributed by atoms with Crippen LogP contribution in [0.1, 0.15) is 47.0 Å². The third-order valence-corrected chi connectivity index (χ3v) is 3.74. The molecular formula is C15H23NO3. The third kappa shape index (κ3) is 3.37. The average Bonchev–Trinajstić information content (AvgIpc) is 2.69. The van der Waals surface area contributed by atoms with Gasteiger partial charge in [0.1, 0.15) is 5.60 Å². The van der Waals surface area contributed by atoms with Crippen LogP contribution in [0, 0.1) is 5.92 Å². The summed E-state index contributed by atoms with van der Waals surface area (Å²) in [6.07, 6.45) is 2.52. The Labute approximate surface area is 114 Å². The molecule has 4 nitrogen and oxygen atoms in total. The van der Waals surface area contributed by atoms with Crippen molar-refractivity contribution < 1.29 is 14.3 Å². The summed E-state index contributed by atoms with van der Waals surface area (Å²) < 4.78 is 5.46. The predicted octanol–water partition coefficient (Wildman–Crippen LogP) is 2.29. The first-order valence-corrected chi connectivity index (χ1v) is 6.94. The molecule has 0 aromatic rings. The highest BCUT2D eigenvalue weighted by atomic mass is 16.6. The Morgan fingerprint density at radius 2 is 1.84 bits per heavy atom. The van der Waals surface area contributed by atoms with Gasteiger partial charge >= 0.3 is 5.97 Å². The van der Waals surface area contributed by atoms with Crippen molar-refractivity contribution >= 4 is 11.9 Å². The average molecular weight is 265 g/mol. The van der Waals surface area contributed by atoms with E-state index in [1.165, 1.54) is 11.1 Å². The van der Waals surface area contributed by atoms with Crippen LogP contribution in [0.4, 0.5) is 0 Å². The van der Waals surface area contributed by atoms with Gasteiger partial charge in [0.25, 0.3) is 0 Å². The summed E-state index contributed by atoms with van der Waals surface area (Å²) in [6, 6.07) is 0. The molecule has 1 heterocycles. The van der Waals surface area contributed by atoms with E-state index in [1.807, 2.05) is 25.7 Å². The minimum atomic E-state index is -0.424. The Morgan fingerprint density at radius 3 is 2.42 bits per heavy atom. The minimum Gasteiger partial charge on any atom is -0.460 e. The van der Waals surface area contributed by atoms with Crippen molar-refractivity contribution in [3.63, 3.8) is 0 Å². The van der Waals surface area contributed by atoms with Crippen molar-refractivity contribution in [2.45, 2.75) is 52.6 Å². The molecule has 0 bridgehead atoms. The van der Waals surface area contributed by atoms with Gasteiger partial charge in [0, 0.05) is 20.0 Å². The first kappa shape index (κ1) is 14.1. The second-order valence-electron chi connectivity index (χ2n) is 6.56. The minimum absolute atomic E-state index is 0.0371. The number of hydrogen-bond donors (Lipinski definition) is 0. The Morgan fingerprint density at radius 1 is 1.21 bits per heavy atom. The fourth-order valence-corrected chi connectivity index (χ4v) is 2.76. The molecule has 2 aliphatic rings. The van der Waals surface area contributed by atoms with Gasteiger partial charge in [0.15, 0.2) is 0 Å². The van der Waals surface area contributed by atoms with Crippen LogP contribution in [0.5, 0.6) is 0 Å². The predicted molar refractivity (Wildman–Crippen MR) is 72.5 cm³/mol. The molecule has 4 heteroatoms. The summed E-state index contributed by atoms with van der Waals surface area (Å²) in [7, 11) is 0. The Kier molecular flexibility index (Phi) is 3.70. The monoisotopic (exact) mass is 265 g/mol. The van der Waals surface area contributed by atoms with Gasteiger partial charge < -0.3 is 9.64 Å². The van der Waals surface area contributed by atoms with E-state index in [9.17, 15) is 9.59 Å². The summed E-state index contributed by atoms with van der Waals surface area (Å²) in [5.41, 5.74) is 2.21. The maximum absolute atomic E-state index is 12.1. The highest BCUT2D eigenvalue weighted by molar-refractivity contribution is 5.76. The number of carbonyl (C=O) groups is 2. The van der Waals surface area contributed by atoms with E-state index in [-0.39, 0.29) is 17.8 Å². The van der Waals surface area contributed by atoms with Crippen molar-refractivity contribution in [3.8, 4) is 0 Å². The van der Waals surface area contributed by atoms with Gasteiger partial charge in [-0.1, -0.05) is 0 Å². The van der Waals surface area contributed by atoms with Crippen LogP contribution in [0.2, 0.25) is 0 Å². The van der Waals surface area contributed by atoms with E-state index in [0.717, 1.165) is 25.8 Å². The van der Waals surface area contributed by atoms with E-state index in [1.54, 1.807) is 6.92 Å². The molecule has 106 valence electrons. The van der Waals surface area contributed by atoms with Gasteiger partial charge in [-0.25, -0.2) is 0 Å². The normalized spacial score (nSPS) is 23.4. The molecule has 0 aromatic carbocycles. The number of carbonyl (C=O) groups excluding carboxylic acids is 2. The number of esters is 1. The van der Waals surface area contributed by atoms with Gasteiger partial charge in [-0.2, -0.15) is 0 Å². The number of amides is 1. The smallest absolute Gasteiger partial charge is 0.309 e.